The van der Waals surface area contributed by atoms with Gasteiger partial charge in [-0.15, -0.1) is 0 Å². The van der Waals surface area contributed by atoms with Crippen LogP contribution in [0.4, 0.5) is 0 Å². The second kappa shape index (κ2) is 11.3. The highest BCUT2D eigenvalue weighted by Gasteiger charge is 2.15. The maximum absolute atomic E-state index is 5.19. The molecule has 212 valence electrons. The fourth-order valence-corrected chi connectivity index (χ4v) is 5.91. The quantitative estimate of drug-likeness (QED) is 0.191. The van der Waals surface area contributed by atoms with Crippen LogP contribution >= 0.6 is 0 Å². The number of rotatable bonds is 5. The molecule has 5 aromatic carbocycles. The third kappa shape index (κ3) is 5.13. The molecule has 0 atom stereocenters. The smallest absolute Gasteiger partial charge is 0.179 e. The van der Waals surface area contributed by atoms with Crippen LogP contribution in [0.1, 0.15) is 5.69 Å². The van der Waals surface area contributed by atoms with Crippen LogP contribution in [0.5, 0.6) is 0 Å². The molecular formula is C41H28N4. The van der Waals surface area contributed by atoms with Crippen LogP contribution in [-0.4, -0.2) is 19.9 Å². The summed E-state index contributed by atoms with van der Waals surface area (Å²) < 4.78 is 0. The maximum atomic E-state index is 5.19. The van der Waals surface area contributed by atoms with Crippen molar-refractivity contribution in [2.45, 2.75) is 6.92 Å². The van der Waals surface area contributed by atoms with Gasteiger partial charge in [0.05, 0.1) is 22.4 Å². The fraction of sp³-hybridized carbons (Fsp3) is 0.0244. The Labute approximate surface area is 261 Å². The molecule has 0 N–H and O–H groups in total. The summed E-state index contributed by atoms with van der Waals surface area (Å²) in [5.74, 6) is 0.577. The van der Waals surface area contributed by atoms with Gasteiger partial charge < -0.3 is 0 Å². The van der Waals surface area contributed by atoms with Crippen molar-refractivity contribution < 1.29 is 0 Å². The van der Waals surface area contributed by atoms with E-state index < -0.39 is 0 Å². The molecule has 0 unspecified atom stereocenters. The van der Waals surface area contributed by atoms with E-state index in [2.05, 4.69) is 115 Å². The van der Waals surface area contributed by atoms with Crippen LogP contribution < -0.4 is 0 Å². The number of hydrogen-bond acceptors (Lipinski definition) is 4. The van der Waals surface area contributed by atoms with Gasteiger partial charge in [0.25, 0.3) is 0 Å². The van der Waals surface area contributed by atoms with Crippen molar-refractivity contribution in [2.75, 3.05) is 0 Å². The molecule has 0 aliphatic carbocycles. The van der Waals surface area contributed by atoms with E-state index in [1.54, 1.807) is 0 Å². The first kappa shape index (κ1) is 26.6. The van der Waals surface area contributed by atoms with Gasteiger partial charge in [0, 0.05) is 27.6 Å². The molecule has 0 aliphatic rings. The first-order chi connectivity index (χ1) is 22.2. The van der Waals surface area contributed by atoms with Crippen LogP contribution in [0.3, 0.4) is 0 Å². The molecule has 0 saturated carbocycles. The lowest BCUT2D eigenvalue weighted by molar-refractivity contribution is 1.16. The van der Waals surface area contributed by atoms with Crippen LogP contribution in [0.15, 0.2) is 152 Å². The van der Waals surface area contributed by atoms with Gasteiger partial charge in [-0.05, 0) is 47.4 Å². The van der Waals surface area contributed by atoms with E-state index >= 15 is 0 Å². The van der Waals surface area contributed by atoms with E-state index in [9.17, 15) is 0 Å². The Bertz CT molecular complexity index is 2300. The zero-order chi connectivity index (χ0) is 30.2. The number of benzene rings is 5. The van der Waals surface area contributed by atoms with Gasteiger partial charge in [-0.2, -0.15) is 0 Å². The van der Waals surface area contributed by atoms with Gasteiger partial charge in [-0.25, -0.2) is 15.0 Å². The van der Waals surface area contributed by atoms with Crippen LogP contribution in [0, 0.1) is 6.92 Å². The summed E-state index contributed by atoms with van der Waals surface area (Å²) in [6.45, 7) is 2.04. The first-order valence-corrected chi connectivity index (χ1v) is 15.1. The normalized spacial score (nSPS) is 11.2. The van der Waals surface area contributed by atoms with Crippen LogP contribution in [0.25, 0.3) is 78.1 Å². The van der Waals surface area contributed by atoms with Gasteiger partial charge in [0.2, 0.25) is 0 Å². The number of aromatic nitrogens is 4. The van der Waals surface area contributed by atoms with E-state index in [1.807, 2.05) is 43.3 Å². The molecule has 0 saturated heterocycles. The summed E-state index contributed by atoms with van der Waals surface area (Å²) in [4.78, 5) is 20.3. The van der Waals surface area contributed by atoms with E-state index in [0.717, 1.165) is 66.7 Å². The molecule has 0 bridgehead atoms. The monoisotopic (exact) mass is 576 g/mol. The Morgan fingerprint density at radius 3 is 1.58 bits per heavy atom. The number of fused-ring (bicyclic) bond motifs is 3. The largest absolute Gasteiger partial charge is 0.251 e. The highest BCUT2D eigenvalue weighted by atomic mass is 14.9. The third-order valence-corrected chi connectivity index (χ3v) is 8.16. The molecule has 45 heavy (non-hydrogen) atoms. The minimum atomic E-state index is 0.577. The first-order valence-electron chi connectivity index (χ1n) is 15.1. The fourth-order valence-electron chi connectivity index (χ4n) is 5.91. The predicted octanol–water partition coefficient (Wildman–Crippen LogP) is 10.2. The Morgan fingerprint density at radius 1 is 0.378 bits per heavy atom. The van der Waals surface area contributed by atoms with Crippen molar-refractivity contribution in [3.8, 4) is 56.3 Å². The summed E-state index contributed by atoms with van der Waals surface area (Å²) in [5.41, 5.74) is 11.8. The highest BCUT2D eigenvalue weighted by molar-refractivity contribution is 6.08. The van der Waals surface area contributed by atoms with E-state index in [-0.39, 0.29) is 0 Å². The molecular weight excluding hydrogens is 548 g/mol. The van der Waals surface area contributed by atoms with Crippen LogP contribution in [0.2, 0.25) is 0 Å². The molecule has 0 fully saturated rings. The van der Waals surface area contributed by atoms with Crippen molar-refractivity contribution in [1.82, 2.24) is 19.9 Å². The van der Waals surface area contributed by atoms with Crippen molar-refractivity contribution in [3.05, 3.63) is 157 Å². The summed E-state index contributed by atoms with van der Waals surface area (Å²) >= 11 is 0. The Kier molecular flexibility index (Phi) is 6.65. The lowest BCUT2D eigenvalue weighted by Gasteiger charge is -2.12. The average Bonchev–Trinajstić information content (AvgIpc) is 3.12. The summed E-state index contributed by atoms with van der Waals surface area (Å²) in [7, 11) is 0. The van der Waals surface area contributed by atoms with Gasteiger partial charge in [0.1, 0.15) is 5.69 Å². The van der Waals surface area contributed by atoms with Crippen molar-refractivity contribution in [2.24, 2.45) is 0 Å². The topological polar surface area (TPSA) is 51.6 Å². The Morgan fingerprint density at radius 2 is 0.911 bits per heavy atom. The summed E-state index contributed by atoms with van der Waals surface area (Å²) in [6.07, 6.45) is 0. The molecule has 0 radical (unpaired) electrons. The third-order valence-electron chi connectivity index (χ3n) is 8.16. The Hall–Kier alpha value is -6.00. The van der Waals surface area contributed by atoms with Gasteiger partial charge in [-0.1, -0.05) is 133 Å². The molecule has 8 aromatic rings. The number of hydrogen-bond donors (Lipinski definition) is 0. The second-order valence-corrected chi connectivity index (χ2v) is 11.2. The molecule has 3 heterocycles. The standard InChI is InChI=1S/C41H28N4/c1-27-25-35(30-13-7-3-8-14-30)34-23-21-33-22-24-36(43-39(33)40(34)42-27)41-44-37(31-15-9-4-10-16-31)26-38(45-41)32-19-17-29(18-20-32)28-11-5-2-6-12-28/h2-26H,1H3. The van der Waals surface area contributed by atoms with E-state index in [0.29, 0.717) is 11.5 Å². The zero-order valence-corrected chi connectivity index (χ0v) is 24.7. The number of nitrogens with zero attached hydrogens (tertiary/aromatic N) is 4. The number of aryl methyl sites for hydroxylation is 1. The second-order valence-electron chi connectivity index (χ2n) is 11.2. The SMILES string of the molecule is Cc1cc(-c2ccccc2)c2ccc3ccc(-c4nc(-c5ccccc5)cc(-c5ccc(-c6ccccc6)cc5)n4)nc3c2n1. The lowest BCUT2D eigenvalue weighted by atomic mass is 9.98. The molecule has 0 spiro atoms. The number of pyridine rings is 2. The predicted molar refractivity (Wildman–Crippen MR) is 185 cm³/mol. The Balaban J connectivity index is 1.29. The average molecular weight is 577 g/mol. The molecule has 8 rings (SSSR count). The maximum Gasteiger partial charge on any atom is 0.179 e. The molecule has 4 heteroatoms. The minimum absolute atomic E-state index is 0.577. The molecule has 0 amide bonds. The minimum Gasteiger partial charge on any atom is -0.251 e. The molecule has 0 aliphatic heterocycles. The van der Waals surface area contributed by atoms with Gasteiger partial charge in [-0.3, -0.25) is 4.98 Å². The summed E-state index contributed by atoms with van der Waals surface area (Å²) in [5, 5.41) is 2.10. The van der Waals surface area contributed by atoms with Gasteiger partial charge in [0.15, 0.2) is 5.82 Å². The zero-order valence-electron chi connectivity index (χ0n) is 24.7. The van der Waals surface area contributed by atoms with Crippen LogP contribution in [-0.2, 0) is 0 Å². The highest BCUT2D eigenvalue weighted by Crippen LogP contribution is 2.34. The van der Waals surface area contributed by atoms with Crippen molar-refractivity contribution in [3.63, 3.8) is 0 Å². The van der Waals surface area contributed by atoms with E-state index in [1.165, 1.54) is 5.56 Å². The lowest BCUT2D eigenvalue weighted by Crippen LogP contribution is -1.98. The summed E-state index contributed by atoms with van der Waals surface area (Å²) in [6, 6.07) is 52.2. The molecule has 3 aromatic heterocycles. The van der Waals surface area contributed by atoms with E-state index in [4.69, 9.17) is 19.9 Å². The van der Waals surface area contributed by atoms with Crippen molar-refractivity contribution in [1.29, 1.82) is 0 Å². The molecule has 4 nitrogen and oxygen atoms in total. The van der Waals surface area contributed by atoms with Gasteiger partial charge >= 0.3 is 0 Å². The van der Waals surface area contributed by atoms with Crippen molar-refractivity contribution >= 4 is 21.8 Å².